The molecule has 0 heterocycles. The van der Waals surface area contributed by atoms with E-state index >= 15 is 0 Å². The van der Waals surface area contributed by atoms with Gasteiger partial charge in [0.1, 0.15) is 11.6 Å². The molecule has 1 amide bonds. The van der Waals surface area contributed by atoms with Crippen LogP contribution in [0.3, 0.4) is 0 Å². The van der Waals surface area contributed by atoms with Crippen LogP contribution in [0.15, 0.2) is 42.5 Å². The summed E-state index contributed by atoms with van der Waals surface area (Å²) in [4.78, 5) is 23.1. The molecule has 2 aromatic rings. The fourth-order valence-electron chi connectivity index (χ4n) is 4.17. The fraction of sp³-hybridized carbons (Fsp3) is 0.462. The van der Waals surface area contributed by atoms with Gasteiger partial charge in [-0.15, -0.1) is 0 Å². The van der Waals surface area contributed by atoms with Gasteiger partial charge in [-0.3, -0.25) is 9.59 Å². The lowest BCUT2D eigenvalue weighted by atomic mass is 9.98. The molecule has 4 N–H and O–H groups in total. The van der Waals surface area contributed by atoms with Crippen molar-refractivity contribution in [1.82, 2.24) is 10.6 Å². The van der Waals surface area contributed by atoms with E-state index in [4.69, 9.17) is 5.11 Å². The van der Waals surface area contributed by atoms with E-state index in [1.54, 1.807) is 0 Å². The predicted octanol–water partition coefficient (Wildman–Crippen LogP) is 3.45. The molecule has 0 radical (unpaired) electrons. The quantitative estimate of drug-likeness (QED) is 0.357. The van der Waals surface area contributed by atoms with Crippen LogP contribution < -0.4 is 10.6 Å². The van der Waals surface area contributed by atoms with Gasteiger partial charge in [-0.05, 0) is 60.9 Å². The highest BCUT2D eigenvalue weighted by atomic mass is 19.1. The lowest BCUT2D eigenvalue weighted by Gasteiger charge is -2.27. The number of aliphatic hydroxyl groups is 1. The number of amides is 1. The highest BCUT2D eigenvalue weighted by Gasteiger charge is 2.44. The highest BCUT2D eigenvalue weighted by Crippen LogP contribution is 2.45. The summed E-state index contributed by atoms with van der Waals surface area (Å²) >= 11 is 0. The first-order valence-electron chi connectivity index (χ1n) is 11.7. The molecule has 1 aliphatic carbocycles. The molecule has 2 aromatic carbocycles. The van der Waals surface area contributed by atoms with E-state index in [-0.39, 0.29) is 37.8 Å². The molecule has 0 saturated heterocycles. The van der Waals surface area contributed by atoms with Crippen molar-refractivity contribution < 1.29 is 28.6 Å². The summed E-state index contributed by atoms with van der Waals surface area (Å²) in [6.45, 7) is 2.27. The molecule has 6 nitrogen and oxygen atoms in total. The number of halogens is 2. The Balaban J connectivity index is 1.68. The van der Waals surface area contributed by atoms with Gasteiger partial charge in [0.2, 0.25) is 5.91 Å². The van der Waals surface area contributed by atoms with Crippen molar-refractivity contribution in [2.45, 2.75) is 69.6 Å². The lowest BCUT2D eigenvalue weighted by Crippen LogP contribution is -2.50. The number of aliphatic carboxylic acids is 1. The van der Waals surface area contributed by atoms with Crippen LogP contribution in [0.25, 0.3) is 0 Å². The van der Waals surface area contributed by atoms with Crippen molar-refractivity contribution in [3.63, 3.8) is 0 Å². The van der Waals surface area contributed by atoms with Crippen molar-refractivity contribution in [1.29, 1.82) is 0 Å². The number of carboxylic acids is 1. The molecule has 0 unspecified atom stereocenters. The average Bonchev–Trinajstić information content (AvgIpc) is 3.57. The Morgan fingerprint density at radius 3 is 2.38 bits per heavy atom. The molecule has 3 rings (SSSR count). The second kappa shape index (κ2) is 11.5. The number of hydrogen-bond acceptors (Lipinski definition) is 4. The van der Waals surface area contributed by atoms with Crippen molar-refractivity contribution in [3.05, 3.63) is 70.8 Å². The van der Waals surface area contributed by atoms with Crippen LogP contribution in [0, 0.1) is 11.6 Å². The van der Waals surface area contributed by atoms with Gasteiger partial charge < -0.3 is 20.8 Å². The molecule has 0 aliphatic heterocycles. The Hall–Kier alpha value is -2.84. The molecule has 1 aliphatic rings. The van der Waals surface area contributed by atoms with Gasteiger partial charge in [0.25, 0.3) is 0 Å². The Bertz CT molecular complexity index is 990. The summed E-state index contributed by atoms with van der Waals surface area (Å²) < 4.78 is 27.4. The molecule has 184 valence electrons. The van der Waals surface area contributed by atoms with Gasteiger partial charge in [0.15, 0.2) is 0 Å². The maximum atomic E-state index is 13.7. The molecule has 0 aromatic heterocycles. The van der Waals surface area contributed by atoms with Crippen molar-refractivity contribution >= 4 is 11.9 Å². The molecule has 0 bridgehead atoms. The summed E-state index contributed by atoms with van der Waals surface area (Å²) in [5, 5.41) is 25.9. The maximum absolute atomic E-state index is 13.7. The molecule has 1 saturated carbocycles. The average molecular weight is 475 g/mol. The number of rotatable bonds is 13. The monoisotopic (exact) mass is 474 g/mol. The summed E-state index contributed by atoms with van der Waals surface area (Å²) in [5.41, 5.74) is 2.46. The van der Waals surface area contributed by atoms with Gasteiger partial charge in [-0.25, -0.2) is 8.78 Å². The van der Waals surface area contributed by atoms with E-state index in [1.165, 1.54) is 17.7 Å². The number of aryl methyl sites for hydroxylation is 1. The zero-order valence-electron chi connectivity index (χ0n) is 19.3. The largest absolute Gasteiger partial charge is 0.481 e. The Kier molecular flexibility index (Phi) is 8.74. The number of hydrogen-bond donors (Lipinski definition) is 4. The lowest BCUT2D eigenvalue weighted by molar-refractivity contribution is -0.137. The first-order valence-corrected chi connectivity index (χ1v) is 11.7. The minimum absolute atomic E-state index is 0.0196. The van der Waals surface area contributed by atoms with E-state index in [1.807, 2.05) is 6.07 Å². The van der Waals surface area contributed by atoms with Gasteiger partial charge >= 0.3 is 5.97 Å². The van der Waals surface area contributed by atoms with Gasteiger partial charge in [0, 0.05) is 31.0 Å². The van der Waals surface area contributed by atoms with Crippen LogP contribution in [0.2, 0.25) is 0 Å². The molecular weight excluding hydrogens is 442 g/mol. The number of nitrogens with one attached hydrogen (secondary N) is 2. The third-order valence-corrected chi connectivity index (χ3v) is 6.27. The molecule has 8 heteroatoms. The van der Waals surface area contributed by atoms with Crippen LogP contribution in [-0.2, 0) is 28.0 Å². The van der Waals surface area contributed by atoms with E-state index in [9.17, 15) is 23.5 Å². The van der Waals surface area contributed by atoms with E-state index in [2.05, 4.69) is 35.8 Å². The van der Waals surface area contributed by atoms with Crippen molar-refractivity contribution in [3.8, 4) is 0 Å². The Labute approximate surface area is 198 Å². The summed E-state index contributed by atoms with van der Waals surface area (Å²) in [5.74, 6) is -2.88. The SMILES string of the molecule is CCc1cccc(C2(NC[C@@H](O)[C@H](Cc3cc(F)cc(F)c3)NC(=O)CCCC(=O)O)CC2)c1. The number of aliphatic hydroxyl groups excluding tert-OH is 1. The molecule has 0 spiro atoms. The number of carbonyl (C=O) groups is 2. The Morgan fingerprint density at radius 2 is 1.76 bits per heavy atom. The number of carboxylic acid groups (broad SMARTS) is 1. The topological polar surface area (TPSA) is 98.7 Å². The third kappa shape index (κ3) is 7.33. The predicted molar refractivity (Wildman–Crippen MR) is 124 cm³/mol. The molecule has 1 fully saturated rings. The zero-order valence-corrected chi connectivity index (χ0v) is 19.3. The number of carbonyl (C=O) groups excluding carboxylic acids is 1. The minimum atomic E-state index is -1.03. The summed E-state index contributed by atoms with van der Waals surface area (Å²) in [7, 11) is 0. The van der Waals surface area contributed by atoms with Crippen molar-refractivity contribution in [2.75, 3.05) is 6.54 Å². The second-order valence-corrected chi connectivity index (χ2v) is 8.99. The summed E-state index contributed by atoms with van der Waals surface area (Å²) in [6.07, 6.45) is 1.77. The normalized spacial score (nSPS) is 16.0. The first-order chi connectivity index (χ1) is 16.2. The standard InChI is InChI=1S/C26H32F2N2O4/c1-2-17-5-3-6-19(11-17)26(9-10-26)29-16-23(31)22(30-24(32)7-4-8-25(33)34)14-18-12-20(27)15-21(28)13-18/h3,5-6,11-13,15,22-23,29,31H,2,4,7-10,14,16H2,1H3,(H,30,32)(H,33,34)/t22-,23+/m0/s1. The van der Waals surface area contributed by atoms with Crippen LogP contribution in [0.5, 0.6) is 0 Å². The van der Waals surface area contributed by atoms with Crippen LogP contribution in [-0.4, -0.2) is 40.8 Å². The zero-order chi connectivity index (χ0) is 24.7. The van der Waals surface area contributed by atoms with Gasteiger partial charge in [-0.1, -0.05) is 31.2 Å². The maximum Gasteiger partial charge on any atom is 0.303 e. The van der Waals surface area contributed by atoms with E-state index in [0.717, 1.165) is 30.9 Å². The van der Waals surface area contributed by atoms with Crippen LogP contribution in [0.4, 0.5) is 8.78 Å². The van der Waals surface area contributed by atoms with Gasteiger partial charge in [0.05, 0.1) is 12.1 Å². The smallest absolute Gasteiger partial charge is 0.303 e. The van der Waals surface area contributed by atoms with E-state index in [0.29, 0.717) is 5.56 Å². The molecule has 2 atom stereocenters. The van der Waals surface area contributed by atoms with E-state index < -0.39 is 35.7 Å². The number of benzene rings is 2. The third-order valence-electron chi connectivity index (χ3n) is 6.27. The molecular formula is C26H32F2N2O4. The summed E-state index contributed by atoms with van der Waals surface area (Å²) in [6, 6.07) is 10.6. The molecule has 34 heavy (non-hydrogen) atoms. The van der Waals surface area contributed by atoms with Crippen LogP contribution >= 0.6 is 0 Å². The van der Waals surface area contributed by atoms with Crippen LogP contribution in [0.1, 0.15) is 55.7 Å². The second-order valence-electron chi connectivity index (χ2n) is 8.99. The van der Waals surface area contributed by atoms with Gasteiger partial charge in [-0.2, -0.15) is 0 Å². The minimum Gasteiger partial charge on any atom is -0.481 e. The Morgan fingerprint density at radius 1 is 1.06 bits per heavy atom. The highest BCUT2D eigenvalue weighted by molar-refractivity contribution is 5.77. The fourth-order valence-corrected chi connectivity index (χ4v) is 4.17. The first kappa shape index (κ1) is 25.8. The van der Waals surface area contributed by atoms with Crippen molar-refractivity contribution in [2.24, 2.45) is 0 Å².